The van der Waals surface area contributed by atoms with Gasteiger partial charge < -0.3 is 10.2 Å². The van der Waals surface area contributed by atoms with Crippen LogP contribution in [-0.2, 0) is 0 Å². The Hall–Kier alpha value is -1.70. The number of aromatic hydroxyl groups is 2. The molecular weight excluding hydrogens is 164 g/mol. The van der Waals surface area contributed by atoms with Crippen LogP contribution in [0.2, 0.25) is 0 Å². The molecule has 2 aromatic carbocycles. The van der Waals surface area contributed by atoms with Crippen molar-refractivity contribution in [3.63, 3.8) is 0 Å². The van der Waals surface area contributed by atoms with E-state index in [9.17, 15) is 0 Å². The first kappa shape index (κ1) is 9.39. The Morgan fingerprint density at radius 1 is 0.692 bits per heavy atom. The maximum Gasteiger partial charge on any atom is 0.116 e. The molecule has 0 fully saturated rings. The van der Waals surface area contributed by atoms with Crippen molar-refractivity contribution in [3.05, 3.63) is 36.4 Å². The zero-order valence-electron chi connectivity index (χ0n) is 6.36. The molecule has 0 spiro atoms. The van der Waals surface area contributed by atoms with Crippen LogP contribution in [0.5, 0.6) is 11.5 Å². The van der Waals surface area contributed by atoms with E-state index in [1.165, 1.54) is 0 Å². The molecule has 0 aliphatic carbocycles. The molecule has 0 saturated carbocycles. The number of hydrogen-bond acceptors (Lipinski definition) is 2. The lowest BCUT2D eigenvalue weighted by atomic mass is 10.1. The molecule has 0 radical (unpaired) electrons. The molecule has 2 N–H and O–H groups in total. The van der Waals surface area contributed by atoms with Gasteiger partial charge in [-0.1, -0.05) is 19.6 Å². The summed E-state index contributed by atoms with van der Waals surface area (Å²) >= 11 is 0. The minimum absolute atomic E-state index is 0. The first-order valence-corrected chi connectivity index (χ1v) is 3.67. The molecule has 0 amide bonds. The van der Waals surface area contributed by atoms with E-state index in [0.717, 1.165) is 10.8 Å². The molecule has 13 heavy (non-hydrogen) atoms. The Bertz CT molecular complexity index is 380. The summed E-state index contributed by atoms with van der Waals surface area (Å²) in [5.74, 6) is 0.487. The maximum absolute atomic E-state index is 9.14. The molecule has 0 aliphatic rings. The van der Waals surface area contributed by atoms with Crippen molar-refractivity contribution >= 4 is 10.8 Å². The van der Waals surface area contributed by atoms with E-state index in [1.54, 1.807) is 36.4 Å². The Balaban J connectivity index is 0.000000845. The number of benzene rings is 2. The lowest BCUT2D eigenvalue weighted by Gasteiger charge is -1.98. The lowest BCUT2D eigenvalue weighted by Crippen LogP contribution is -1.71. The number of hydrogen-bond donors (Lipinski definition) is 2. The summed E-state index contributed by atoms with van der Waals surface area (Å²) < 4.78 is 0. The third kappa shape index (κ3) is 1.72. The lowest BCUT2D eigenvalue weighted by molar-refractivity contribution is 0.474. The number of rotatable bonds is 0. The molecule has 0 saturated heterocycles. The van der Waals surface area contributed by atoms with Crippen molar-refractivity contribution in [3.8, 4) is 11.5 Å². The standard InChI is InChI=1S/C10H8O2.CH4/c11-9-3-1-7-5-10(12)4-2-8(7)6-9;/h1-6,11-12H;1H4. The average molecular weight is 176 g/mol. The van der Waals surface area contributed by atoms with Crippen molar-refractivity contribution in [1.82, 2.24) is 0 Å². The maximum atomic E-state index is 9.14. The summed E-state index contributed by atoms with van der Waals surface area (Å²) in [7, 11) is 0. The molecule has 0 aliphatic heterocycles. The highest BCUT2D eigenvalue weighted by Gasteiger charge is 1.95. The quantitative estimate of drug-likeness (QED) is 0.648. The molecule has 0 unspecified atom stereocenters. The fourth-order valence-electron chi connectivity index (χ4n) is 1.22. The smallest absolute Gasteiger partial charge is 0.116 e. The number of fused-ring (bicyclic) bond motifs is 1. The van der Waals surface area contributed by atoms with Crippen LogP contribution in [-0.4, -0.2) is 10.2 Å². The minimum Gasteiger partial charge on any atom is -0.508 e. The van der Waals surface area contributed by atoms with Gasteiger partial charge in [0.25, 0.3) is 0 Å². The summed E-state index contributed by atoms with van der Waals surface area (Å²) in [6.07, 6.45) is 0. The zero-order chi connectivity index (χ0) is 8.55. The highest BCUT2D eigenvalue weighted by molar-refractivity contribution is 5.84. The van der Waals surface area contributed by atoms with Crippen molar-refractivity contribution in [2.45, 2.75) is 7.43 Å². The van der Waals surface area contributed by atoms with E-state index in [0.29, 0.717) is 0 Å². The van der Waals surface area contributed by atoms with Gasteiger partial charge in [0.1, 0.15) is 11.5 Å². The monoisotopic (exact) mass is 176 g/mol. The highest BCUT2D eigenvalue weighted by Crippen LogP contribution is 2.23. The second-order valence-corrected chi connectivity index (χ2v) is 2.72. The Morgan fingerprint density at radius 3 is 1.46 bits per heavy atom. The fraction of sp³-hybridized carbons (Fsp3) is 0.0909. The van der Waals surface area contributed by atoms with Crippen LogP contribution in [0, 0.1) is 0 Å². The Labute approximate surface area is 77.1 Å². The van der Waals surface area contributed by atoms with Crippen molar-refractivity contribution in [2.75, 3.05) is 0 Å². The first-order chi connectivity index (χ1) is 5.75. The van der Waals surface area contributed by atoms with Gasteiger partial charge in [0, 0.05) is 0 Å². The van der Waals surface area contributed by atoms with Crippen LogP contribution >= 0.6 is 0 Å². The topological polar surface area (TPSA) is 40.5 Å². The van der Waals surface area contributed by atoms with Crippen molar-refractivity contribution in [1.29, 1.82) is 0 Å². The summed E-state index contributed by atoms with van der Waals surface area (Å²) in [6, 6.07) is 10.1. The molecule has 68 valence electrons. The molecule has 2 rings (SSSR count). The summed E-state index contributed by atoms with van der Waals surface area (Å²) in [5.41, 5.74) is 0. The van der Waals surface area contributed by atoms with Crippen LogP contribution in [0.1, 0.15) is 7.43 Å². The SMILES string of the molecule is C.Oc1ccc2cc(O)ccc2c1. The molecule has 0 aromatic heterocycles. The molecule has 0 bridgehead atoms. The van der Waals surface area contributed by atoms with E-state index < -0.39 is 0 Å². The molecule has 0 atom stereocenters. The molecule has 2 aromatic rings. The van der Waals surface area contributed by atoms with Crippen LogP contribution < -0.4 is 0 Å². The molecule has 0 heterocycles. The second-order valence-electron chi connectivity index (χ2n) is 2.72. The third-order valence-corrected chi connectivity index (χ3v) is 1.81. The van der Waals surface area contributed by atoms with Gasteiger partial charge >= 0.3 is 0 Å². The Kier molecular flexibility index (Phi) is 2.42. The van der Waals surface area contributed by atoms with Crippen LogP contribution in [0.3, 0.4) is 0 Å². The van der Waals surface area contributed by atoms with Gasteiger partial charge in [-0.25, -0.2) is 0 Å². The molecular formula is C11H12O2. The van der Waals surface area contributed by atoms with E-state index in [4.69, 9.17) is 10.2 Å². The van der Waals surface area contributed by atoms with Gasteiger partial charge in [-0.3, -0.25) is 0 Å². The van der Waals surface area contributed by atoms with Gasteiger partial charge in [0.05, 0.1) is 0 Å². The van der Waals surface area contributed by atoms with Gasteiger partial charge in [-0.2, -0.15) is 0 Å². The fourth-order valence-corrected chi connectivity index (χ4v) is 1.22. The van der Waals surface area contributed by atoms with Gasteiger partial charge in [-0.15, -0.1) is 0 Å². The summed E-state index contributed by atoms with van der Waals surface area (Å²) in [4.78, 5) is 0. The van der Waals surface area contributed by atoms with E-state index in [1.807, 2.05) is 0 Å². The first-order valence-electron chi connectivity index (χ1n) is 3.67. The molecule has 2 heteroatoms. The Morgan fingerprint density at radius 2 is 1.08 bits per heavy atom. The van der Waals surface area contributed by atoms with Crippen LogP contribution in [0.15, 0.2) is 36.4 Å². The average Bonchev–Trinajstić information content (AvgIpc) is 2.05. The molecule has 2 nitrogen and oxygen atoms in total. The zero-order valence-corrected chi connectivity index (χ0v) is 6.36. The van der Waals surface area contributed by atoms with Gasteiger partial charge in [0.2, 0.25) is 0 Å². The van der Waals surface area contributed by atoms with E-state index in [-0.39, 0.29) is 18.9 Å². The van der Waals surface area contributed by atoms with Crippen molar-refractivity contribution in [2.24, 2.45) is 0 Å². The van der Waals surface area contributed by atoms with Gasteiger partial charge in [-0.05, 0) is 35.0 Å². The normalized spacial score (nSPS) is 9.54. The second kappa shape index (κ2) is 3.35. The predicted octanol–water partition coefficient (Wildman–Crippen LogP) is 2.89. The highest BCUT2D eigenvalue weighted by atomic mass is 16.3. The van der Waals surface area contributed by atoms with Crippen molar-refractivity contribution < 1.29 is 10.2 Å². The minimum atomic E-state index is 0. The predicted molar refractivity (Wildman–Crippen MR) is 54.0 cm³/mol. The largest absolute Gasteiger partial charge is 0.508 e. The van der Waals surface area contributed by atoms with Gasteiger partial charge in [0.15, 0.2) is 0 Å². The van der Waals surface area contributed by atoms with E-state index >= 15 is 0 Å². The van der Waals surface area contributed by atoms with Crippen LogP contribution in [0.25, 0.3) is 10.8 Å². The number of phenols is 2. The summed E-state index contributed by atoms with van der Waals surface area (Å²) in [5, 5.41) is 20.1. The summed E-state index contributed by atoms with van der Waals surface area (Å²) in [6.45, 7) is 0. The number of phenolic OH excluding ortho intramolecular Hbond substituents is 2. The third-order valence-electron chi connectivity index (χ3n) is 1.81. The van der Waals surface area contributed by atoms with E-state index in [2.05, 4.69) is 0 Å². The van der Waals surface area contributed by atoms with Crippen LogP contribution in [0.4, 0.5) is 0 Å².